The van der Waals surface area contributed by atoms with Gasteiger partial charge in [0, 0.05) is 23.4 Å². The van der Waals surface area contributed by atoms with Crippen LogP contribution in [0, 0.1) is 0 Å². The van der Waals surface area contributed by atoms with Crippen molar-refractivity contribution in [1.82, 2.24) is 0 Å². The number of hydrogen-bond acceptors (Lipinski definition) is 6. The van der Waals surface area contributed by atoms with Gasteiger partial charge >= 0.3 is 0 Å². The molecule has 2 aromatic carbocycles. The number of rotatable bonds is 5. The molecule has 1 aliphatic heterocycles. The second-order valence-corrected chi connectivity index (χ2v) is 7.83. The van der Waals surface area contributed by atoms with E-state index >= 15 is 0 Å². The number of nitrogens with zero attached hydrogens (tertiary/aromatic N) is 1. The zero-order chi connectivity index (χ0) is 19.6. The molecule has 3 rings (SSSR count). The Morgan fingerprint density at radius 2 is 1.78 bits per heavy atom. The van der Waals surface area contributed by atoms with E-state index in [1.165, 1.54) is 18.5 Å². The molecule has 1 heterocycles. The fraction of sp³-hybridized carbons (Fsp3) is 0.278. The first-order chi connectivity index (χ1) is 12.8. The Bertz CT molecular complexity index is 952. The summed E-state index contributed by atoms with van der Waals surface area (Å²) in [4.78, 5) is 12.6. The third-order valence-corrected chi connectivity index (χ3v) is 5.23. The van der Waals surface area contributed by atoms with Crippen molar-refractivity contribution in [3.05, 3.63) is 42.0 Å². The van der Waals surface area contributed by atoms with Crippen molar-refractivity contribution in [1.29, 1.82) is 0 Å². The Morgan fingerprint density at radius 3 is 2.37 bits per heavy atom. The van der Waals surface area contributed by atoms with Gasteiger partial charge in [-0.2, -0.15) is 0 Å². The van der Waals surface area contributed by atoms with E-state index in [0.717, 1.165) is 6.26 Å². The minimum absolute atomic E-state index is 0.241. The fourth-order valence-corrected chi connectivity index (χ4v) is 3.67. The third kappa shape index (κ3) is 4.08. The molecule has 0 radical (unpaired) electrons. The number of methoxy groups -OCH3 is 2. The van der Waals surface area contributed by atoms with E-state index in [4.69, 9.17) is 14.2 Å². The molecule has 0 saturated carbocycles. The fourth-order valence-electron chi connectivity index (χ4n) is 2.76. The van der Waals surface area contributed by atoms with Gasteiger partial charge in [-0.15, -0.1) is 0 Å². The summed E-state index contributed by atoms with van der Waals surface area (Å²) in [6, 6.07) is 9.69. The molecule has 0 saturated heterocycles. The normalized spacial score (nSPS) is 13.4. The van der Waals surface area contributed by atoms with E-state index in [-0.39, 0.29) is 19.1 Å². The number of carbonyl (C=O) groups is 1. The highest BCUT2D eigenvalue weighted by atomic mass is 32.2. The summed E-state index contributed by atoms with van der Waals surface area (Å²) in [7, 11) is -0.386. The summed E-state index contributed by atoms with van der Waals surface area (Å²) < 4.78 is 41.0. The van der Waals surface area contributed by atoms with Crippen molar-refractivity contribution in [3.63, 3.8) is 0 Å². The molecule has 9 heteroatoms. The minimum Gasteiger partial charge on any atom is -0.497 e. The molecule has 8 nitrogen and oxygen atoms in total. The van der Waals surface area contributed by atoms with Crippen LogP contribution >= 0.6 is 0 Å². The smallest absolute Gasteiger partial charge is 0.255 e. The summed E-state index contributed by atoms with van der Waals surface area (Å²) in [5.41, 5.74) is 1.29. The van der Waals surface area contributed by atoms with E-state index in [1.807, 2.05) is 0 Å². The molecule has 1 amide bonds. The van der Waals surface area contributed by atoms with E-state index in [2.05, 4.69) is 5.32 Å². The number of sulfonamides is 1. The molecular weight excluding hydrogens is 372 g/mol. The maximum atomic E-state index is 12.6. The van der Waals surface area contributed by atoms with Crippen molar-refractivity contribution < 1.29 is 27.4 Å². The van der Waals surface area contributed by atoms with Crippen LogP contribution in [0.5, 0.6) is 17.2 Å². The lowest BCUT2D eigenvalue weighted by atomic mass is 10.1. The number of carbonyl (C=O) groups excluding carboxylic acids is 1. The Morgan fingerprint density at radius 1 is 1.11 bits per heavy atom. The molecule has 0 aromatic heterocycles. The Balaban J connectivity index is 1.86. The van der Waals surface area contributed by atoms with Gasteiger partial charge in [-0.05, 0) is 24.3 Å². The topological polar surface area (TPSA) is 94.2 Å². The van der Waals surface area contributed by atoms with Crippen LogP contribution in [0.15, 0.2) is 36.4 Å². The number of hydrogen-bond donors (Lipinski definition) is 1. The monoisotopic (exact) mass is 392 g/mol. The summed E-state index contributed by atoms with van der Waals surface area (Å²) in [5.74, 6) is 1.03. The second kappa shape index (κ2) is 7.36. The van der Waals surface area contributed by atoms with Gasteiger partial charge in [-0.1, -0.05) is 0 Å². The van der Waals surface area contributed by atoms with E-state index in [1.54, 1.807) is 36.4 Å². The van der Waals surface area contributed by atoms with Crippen LogP contribution in [0.1, 0.15) is 10.4 Å². The number of amides is 1. The molecule has 0 fully saturated rings. The van der Waals surface area contributed by atoms with Crippen LogP contribution < -0.4 is 23.8 Å². The van der Waals surface area contributed by atoms with Crippen LogP contribution in [0.2, 0.25) is 0 Å². The lowest BCUT2D eigenvalue weighted by molar-refractivity contribution is 0.102. The molecule has 0 spiro atoms. The number of nitrogens with one attached hydrogen (secondary N) is 1. The minimum atomic E-state index is -3.40. The van der Waals surface area contributed by atoms with Gasteiger partial charge in [-0.3, -0.25) is 9.10 Å². The lowest BCUT2D eigenvalue weighted by Gasteiger charge is -2.29. The van der Waals surface area contributed by atoms with Crippen LogP contribution in [-0.4, -0.2) is 48.0 Å². The summed E-state index contributed by atoms with van der Waals surface area (Å²) in [6.07, 6.45) is 1.15. The van der Waals surface area contributed by atoms with Gasteiger partial charge in [0.15, 0.2) is 0 Å². The average molecular weight is 392 g/mol. The van der Waals surface area contributed by atoms with Crippen molar-refractivity contribution in [2.45, 2.75) is 0 Å². The molecule has 0 unspecified atom stereocenters. The standard InChI is InChI=1S/C18H20N2O6S/c1-24-14-8-12(9-15(11-14)25-2)18(21)19-13-4-5-16-17(10-13)26-7-6-20(16)27(3,22)23/h4-5,8-11H,6-7H2,1-3H3,(H,19,21). The number of fused-ring (bicyclic) bond motifs is 1. The molecule has 1 N–H and O–H groups in total. The number of ether oxygens (including phenoxy) is 3. The van der Waals surface area contributed by atoms with Crippen molar-refractivity contribution >= 4 is 27.3 Å². The van der Waals surface area contributed by atoms with Crippen LogP contribution in [0.3, 0.4) is 0 Å². The highest BCUT2D eigenvalue weighted by Gasteiger charge is 2.25. The van der Waals surface area contributed by atoms with E-state index in [9.17, 15) is 13.2 Å². The third-order valence-electron chi connectivity index (χ3n) is 4.05. The molecule has 0 aliphatic carbocycles. The molecule has 0 atom stereocenters. The maximum Gasteiger partial charge on any atom is 0.255 e. The lowest BCUT2D eigenvalue weighted by Crippen LogP contribution is -2.37. The Labute approximate surface area is 157 Å². The van der Waals surface area contributed by atoms with Crippen molar-refractivity contribution in [3.8, 4) is 17.2 Å². The summed E-state index contributed by atoms with van der Waals surface area (Å²) >= 11 is 0. The second-order valence-electron chi connectivity index (χ2n) is 5.92. The predicted octanol–water partition coefficient (Wildman–Crippen LogP) is 2.11. The summed E-state index contributed by atoms with van der Waals surface area (Å²) in [6.45, 7) is 0.492. The maximum absolute atomic E-state index is 12.6. The average Bonchev–Trinajstić information content (AvgIpc) is 2.66. The zero-order valence-electron chi connectivity index (χ0n) is 15.2. The molecule has 27 heavy (non-hydrogen) atoms. The molecular formula is C18H20N2O6S. The van der Waals surface area contributed by atoms with Gasteiger partial charge in [-0.25, -0.2) is 8.42 Å². The first-order valence-corrected chi connectivity index (χ1v) is 9.95. The number of anilines is 2. The van der Waals surface area contributed by atoms with Gasteiger partial charge in [0.1, 0.15) is 23.9 Å². The largest absolute Gasteiger partial charge is 0.497 e. The van der Waals surface area contributed by atoms with Crippen molar-refractivity contribution in [2.75, 3.05) is 43.2 Å². The molecule has 2 aromatic rings. The number of benzene rings is 2. The molecule has 0 bridgehead atoms. The summed E-state index contributed by atoms with van der Waals surface area (Å²) in [5, 5.41) is 2.77. The molecule has 144 valence electrons. The Hall–Kier alpha value is -2.94. The van der Waals surface area contributed by atoms with Crippen LogP contribution in [0.4, 0.5) is 11.4 Å². The zero-order valence-corrected chi connectivity index (χ0v) is 16.0. The SMILES string of the molecule is COc1cc(OC)cc(C(=O)Nc2ccc3c(c2)OCCN3S(C)(=O)=O)c1. The van der Waals surface area contributed by atoms with E-state index < -0.39 is 10.0 Å². The highest BCUT2D eigenvalue weighted by Crippen LogP contribution is 2.35. The first-order valence-electron chi connectivity index (χ1n) is 8.11. The van der Waals surface area contributed by atoms with Crippen molar-refractivity contribution in [2.24, 2.45) is 0 Å². The van der Waals surface area contributed by atoms with Gasteiger partial charge in [0.05, 0.1) is 32.7 Å². The Kier molecular flexibility index (Phi) is 5.13. The van der Waals surface area contributed by atoms with Crippen LogP contribution in [0.25, 0.3) is 0 Å². The van der Waals surface area contributed by atoms with Gasteiger partial charge < -0.3 is 19.5 Å². The predicted molar refractivity (Wildman–Crippen MR) is 102 cm³/mol. The highest BCUT2D eigenvalue weighted by molar-refractivity contribution is 7.92. The van der Waals surface area contributed by atoms with Gasteiger partial charge in [0.2, 0.25) is 10.0 Å². The van der Waals surface area contributed by atoms with E-state index in [0.29, 0.717) is 34.2 Å². The van der Waals surface area contributed by atoms with Crippen LogP contribution in [-0.2, 0) is 10.0 Å². The molecule has 1 aliphatic rings. The first kappa shape index (κ1) is 18.8. The van der Waals surface area contributed by atoms with Gasteiger partial charge in [0.25, 0.3) is 5.91 Å². The quantitative estimate of drug-likeness (QED) is 0.838.